The van der Waals surface area contributed by atoms with Gasteiger partial charge in [-0.25, -0.2) is 4.79 Å². The average molecular weight is 276 g/mol. The van der Waals surface area contributed by atoms with Crippen LogP contribution >= 0.6 is 0 Å². The highest BCUT2D eigenvalue weighted by Crippen LogP contribution is 2.16. The Morgan fingerprint density at radius 1 is 1.10 bits per heavy atom. The van der Waals surface area contributed by atoms with Crippen molar-refractivity contribution in [3.63, 3.8) is 0 Å². The molecule has 20 heavy (non-hydrogen) atoms. The van der Waals surface area contributed by atoms with E-state index < -0.39 is 11.9 Å². The number of esters is 2. The smallest absolute Gasteiger partial charge is 0.345 e. The van der Waals surface area contributed by atoms with E-state index in [2.05, 4.69) is 13.8 Å². The Bertz CT molecular complexity index is 434. The fourth-order valence-corrected chi connectivity index (χ4v) is 2.05. The highest BCUT2D eigenvalue weighted by atomic mass is 16.6. The molecule has 0 saturated carbocycles. The quantitative estimate of drug-likeness (QED) is 0.555. The van der Waals surface area contributed by atoms with E-state index in [1.54, 1.807) is 12.1 Å². The molecule has 1 aromatic carbocycles. The molecule has 0 spiro atoms. The summed E-state index contributed by atoms with van der Waals surface area (Å²) in [7, 11) is 0. The van der Waals surface area contributed by atoms with Gasteiger partial charge in [0.25, 0.3) is 0 Å². The van der Waals surface area contributed by atoms with Crippen LogP contribution in [0.4, 0.5) is 0 Å². The molecule has 0 heterocycles. The molecule has 0 radical (unpaired) electrons. The van der Waals surface area contributed by atoms with Gasteiger partial charge in [0.15, 0.2) is 0 Å². The SMILES string of the molecule is CCCCC(CC)C(=O)OC(=O)c1ccc(CC)cc1. The molecule has 0 aliphatic rings. The first-order chi connectivity index (χ1) is 9.62. The Labute approximate surface area is 121 Å². The summed E-state index contributed by atoms with van der Waals surface area (Å²) in [5.74, 6) is -1.12. The maximum absolute atomic E-state index is 11.9. The van der Waals surface area contributed by atoms with Crippen molar-refractivity contribution in [1.29, 1.82) is 0 Å². The molecule has 0 aromatic heterocycles. The molecule has 0 aliphatic carbocycles. The third kappa shape index (κ3) is 4.80. The highest BCUT2D eigenvalue weighted by Gasteiger charge is 2.21. The lowest BCUT2D eigenvalue weighted by molar-refractivity contribution is -0.143. The van der Waals surface area contributed by atoms with Crippen molar-refractivity contribution in [2.24, 2.45) is 5.92 Å². The molecule has 0 N–H and O–H groups in total. The number of benzene rings is 1. The monoisotopic (exact) mass is 276 g/mol. The van der Waals surface area contributed by atoms with Crippen LogP contribution in [0.1, 0.15) is 62.4 Å². The van der Waals surface area contributed by atoms with Gasteiger partial charge in [0.05, 0.1) is 11.5 Å². The average Bonchev–Trinajstić information content (AvgIpc) is 2.48. The van der Waals surface area contributed by atoms with Gasteiger partial charge in [0.1, 0.15) is 0 Å². The molecular formula is C17H24O3. The third-order valence-corrected chi connectivity index (χ3v) is 3.52. The van der Waals surface area contributed by atoms with Crippen LogP contribution in [0.25, 0.3) is 0 Å². The number of carbonyl (C=O) groups excluding carboxylic acids is 2. The van der Waals surface area contributed by atoms with Gasteiger partial charge < -0.3 is 4.74 Å². The topological polar surface area (TPSA) is 43.4 Å². The molecule has 0 amide bonds. The zero-order valence-corrected chi connectivity index (χ0v) is 12.6. The Morgan fingerprint density at radius 2 is 1.75 bits per heavy atom. The van der Waals surface area contributed by atoms with Gasteiger partial charge in [-0.05, 0) is 37.0 Å². The number of carbonyl (C=O) groups is 2. The van der Waals surface area contributed by atoms with Gasteiger partial charge in [-0.3, -0.25) is 4.79 Å². The number of hydrogen-bond acceptors (Lipinski definition) is 3. The van der Waals surface area contributed by atoms with Crippen LogP contribution in [0.3, 0.4) is 0 Å². The van der Waals surface area contributed by atoms with E-state index in [0.717, 1.165) is 31.2 Å². The lowest BCUT2D eigenvalue weighted by Crippen LogP contribution is -2.21. The summed E-state index contributed by atoms with van der Waals surface area (Å²) < 4.78 is 4.98. The minimum atomic E-state index is -0.549. The maximum atomic E-state index is 11.9. The normalized spacial score (nSPS) is 11.9. The summed E-state index contributed by atoms with van der Waals surface area (Å²) in [5.41, 5.74) is 1.59. The van der Waals surface area contributed by atoms with Crippen LogP contribution in [-0.4, -0.2) is 11.9 Å². The first-order valence-corrected chi connectivity index (χ1v) is 7.47. The van der Waals surface area contributed by atoms with E-state index in [0.29, 0.717) is 12.0 Å². The molecule has 1 rings (SSSR count). The number of aryl methyl sites for hydroxylation is 1. The molecule has 1 atom stereocenters. The summed E-state index contributed by atoms with van der Waals surface area (Å²) in [6.07, 6.45) is 4.43. The molecule has 0 fully saturated rings. The van der Waals surface area contributed by atoms with Crippen LogP contribution in [-0.2, 0) is 16.0 Å². The van der Waals surface area contributed by atoms with Crippen molar-refractivity contribution in [1.82, 2.24) is 0 Å². The zero-order valence-electron chi connectivity index (χ0n) is 12.6. The number of hydrogen-bond donors (Lipinski definition) is 0. The van der Waals surface area contributed by atoms with Gasteiger partial charge in [0, 0.05) is 0 Å². The van der Waals surface area contributed by atoms with Crippen LogP contribution in [0.5, 0.6) is 0 Å². The molecular weight excluding hydrogens is 252 g/mol. The Balaban J connectivity index is 2.61. The molecule has 110 valence electrons. The predicted molar refractivity (Wildman–Crippen MR) is 79.5 cm³/mol. The van der Waals surface area contributed by atoms with Crippen molar-refractivity contribution < 1.29 is 14.3 Å². The van der Waals surface area contributed by atoms with E-state index in [4.69, 9.17) is 4.74 Å². The maximum Gasteiger partial charge on any atom is 0.345 e. The second kappa shape index (κ2) is 8.51. The Morgan fingerprint density at radius 3 is 2.25 bits per heavy atom. The van der Waals surface area contributed by atoms with Crippen molar-refractivity contribution >= 4 is 11.9 Å². The van der Waals surface area contributed by atoms with Crippen molar-refractivity contribution in [2.45, 2.75) is 52.9 Å². The minimum absolute atomic E-state index is 0.172. The van der Waals surface area contributed by atoms with Gasteiger partial charge in [-0.1, -0.05) is 45.7 Å². The first kappa shape index (κ1) is 16.4. The molecule has 1 aromatic rings. The summed E-state index contributed by atoms with van der Waals surface area (Å²) in [6, 6.07) is 7.19. The summed E-state index contributed by atoms with van der Waals surface area (Å²) in [4.78, 5) is 23.8. The third-order valence-electron chi connectivity index (χ3n) is 3.52. The van der Waals surface area contributed by atoms with Crippen LogP contribution in [0.2, 0.25) is 0 Å². The second-order valence-electron chi connectivity index (χ2n) is 5.01. The predicted octanol–water partition coefficient (Wildman–Crippen LogP) is 4.15. The largest absolute Gasteiger partial charge is 0.389 e. The van der Waals surface area contributed by atoms with Crippen LogP contribution < -0.4 is 0 Å². The van der Waals surface area contributed by atoms with Crippen LogP contribution in [0.15, 0.2) is 24.3 Å². The summed E-state index contributed by atoms with van der Waals surface area (Å²) in [6.45, 7) is 6.08. The van der Waals surface area contributed by atoms with Gasteiger partial charge in [0.2, 0.25) is 0 Å². The summed E-state index contributed by atoms with van der Waals surface area (Å²) >= 11 is 0. The Kier molecular flexibility index (Phi) is 6.99. The lowest BCUT2D eigenvalue weighted by Gasteiger charge is -2.12. The Hall–Kier alpha value is -1.64. The molecule has 3 nitrogen and oxygen atoms in total. The fourth-order valence-electron chi connectivity index (χ4n) is 2.05. The van der Waals surface area contributed by atoms with Crippen molar-refractivity contribution in [3.05, 3.63) is 35.4 Å². The molecule has 1 unspecified atom stereocenters. The van der Waals surface area contributed by atoms with Crippen molar-refractivity contribution in [3.8, 4) is 0 Å². The van der Waals surface area contributed by atoms with E-state index >= 15 is 0 Å². The van der Waals surface area contributed by atoms with Gasteiger partial charge >= 0.3 is 11.9 Å². The zero-order chi connectivity index (χ0) is 15.0. The molecule has 0 bridgehead atoms. The van der Waals surface area contributed by atoms with E-state index in [1.807, 2.05) is 19.1 Å². The highest BCUT2D eigenvalue weighted by molar-refractivity contribution is 5.97. The van der Waals surface area contributed by atoms with Crippen molar-refractivity contribution in [2.75, 3.05) is 0 Å². The molecule has 0 saturated heterocycles. The van der Waals surface area contributed by atoms with E-state index in [9.17, 15) is 9.59 Å². The number of rotatable bonds is 7. The van der Waals surface area contributed by atoms with Crippen LogP contribution in [0, 0.1) is 5.92 Å². The molecule has 3 heteroatoms. The standard InChI is InChI=1S/C17H24O3/c1-4-7-8-14(6-3)16(18)20-17(19)15-11-9-13(5-2)10-12-15/h9-12,14H,4-8H2,1-3H3. The minimum Gasteiger partial charge on any atom is -0.389 e. The summed E-state index contributed by atoms with van der Waals surface area (Å²) in [5, 5.41) is 0. The number of ether oxygens (including phenoxy) is 1. The van der Waals surface area contributed by atoms with Gasteiger partial charge in [-0.2, -0.15) is 0 Å². The second-order valence-corrected chi connectivity index (χ2v) is 5.01. The lowest BCUT2D eigenvalue weighted by atomic mass is 10.00. The first-order valence-electron chi connectivity index (χ1n) is 7.47. The van der Waals surface area contributed by atoms with Gasteiger partial charge in [-0.15, -0.1) is 0 Å². The fraction of sp³-hybridized carbons (Fsp3) is 0.529. The van der Waals surface area contributed by atoms with E-state index in [-0.39, 0.29) is 5.92 Å². The van der Waals surface area contributed by atoms with E-state index in [1.165, 1.54) is 0 Å². The molecule has 0 aliphatic heterocycles. The number of unbranched alkanes of at least 4 members (excludes halogenated alkanes) is 1.